The summed E-state index contributed by atoms with van der Waals surface area (Å²) in [7, 11) is 1.66. The molecule has 1 fully saturated rings. The highest BCUT2D eigenvalue weighted by Gasteiger charge is 2.45. The normalized spacial score (nSPS) is 25.4. The van der Waals surface area contributed by atoms with Gasteiger partial charge in [-0.25, -0.2) is 4.79 Å². The summed E-state index contributed by atoms with van der Waals surface area (Å²) in [5.41, 5.74) is 2.48. The van der Waals surface area contributed by atoms with Gasteiger partial charge in [0.1, 0.15) is 21.9 Å². The third-order valence-corrected chi connectivity index (χ3v) is 6.62. The van der Waals surface area contributed by atoms with Gasteiger partial charge in [-0.1, -0.05) is 6.07 Å². The predicted octanol–water partition coefficient (Wildman–Crippen LogP) is 3.41. The summed E-state index contributed by atoms with van der Waals surface area (Å²) in [4.78, 5) is 12.9. The first-order valence-corrected chi connectivity index (χ1v) is 9.90. The molecule has 1 spiro atoms. The number of likely N-dealkylation sites (tertiary alicyclic amines) is 1. The predicted molar refractivity (Wildman–Crippen MR) is 102 cm³/mol. The van der Waals surface area contributed by atoms with Crippen LogP contribution in [0.4, 0.5) is 4.79 Å². The Morgan fingerprint density at radius 2 is 2.00 bits per heavy atom. The van der Waals surface area contributed by atoms with Crippen LogP contribution in [0.5, 0.6) is 5.75 Å². The van der Waals surface area contributed by atoms with Crippen molar-refractivity contribution in [2.24, 2.45) is 9.81 Å². The van der Waals surface area contributed by atoms with Gasteiger partial charge < -0.3 is 14.4 Å². The standard InChI is InChI=1S/C19H26N2O4S/c1-18(2,3)26(24)20-16-12-19(7-8-21(16)17(22)23)10-13-5-6-15(25-4)9-14(13)11-19/h5-6,9H,7-8,10-12H2,1-4H3,(H,22,23). The zero-order valence-corrected chi connectivity index (χ0v) is 16.6. The fourth-order valence-electron chi connectivity index (χ4n) is 3.76. The zero-order chi connectivity index (χ0) is 19.1. The minimum Gasteiger partial charge on any atom is -0.591 e. The summed E-state index contributed by atoms with van der Waals surface area (Å²) in [6, 6.07) is 6.13. The average molecular weight is 378 g/mol. The molecule has 2 atom stereocenters. The molecule has 1 amide bonds. The van der Waals surface area contributed by atoms with Crippen LogP contribution in [0, 0.1) is 5.41 Å². The number of ether oxygens (including phenoxy) is 1. The molecule has 2 aliphatic rings. The van der Waals surface area contributed by atoms with Crippen molar-refractivity contribution < 1.29 is 19.2 Å². The molecule has 0 bridgehead atoms. The van der Waals surface area contributed by atoms with Crippen molar-refractivity contribution in [2.75, 3.05) is 13.7 Å². The van der Waals surface area contributed by atoms with Crippen LogP contribution in [0.3, 0.4) is 0 Å². The molecule has 0 saturated carbocycles. The number of piperidine rings is 1. The minimum absolute atomic E-state index is 0.0540. The molecule has 1 saturated heterocycles. The third kappa shape index (κ3) is 3.69. The van der Waals surface area contributed by atoms with Gasteiger partial charge in [0.2, 0.25) is 0 Å². The lowest BCUT2D eigenvalue weighted by Gasteiger charge is -2.38. The van der Waals surface area contributed by atoms with Gasteiger partial charge in [-0.2, -0.15) is 0 Å². The van der Waals surface area contributed by atoms with E-state index in [2.05, 4.69) is 16.5 Å². The quantitative estimate of drug-likeness (QED) is 0.799. The Morgan fingerprint density at radius 3 is 2.62 bits per heavy atom. The first kappa shape index (κ1) is 19.0. The van der Waals surface area contributed by atoms with Crippen LogP contribution in [-0.4, -0.2) is 44.9 Å². The number of carboxylic acid groups (broad SMARTS) is 1. The summed E-state index contributed by atoms with van der Waals surface area (Å²) in [6.45, 7) is 5.92. The Morgan fingerprint density at radius 1 is 1.31 bits per heavy atom. The summed E-state index contributed by atoms with van der Waals surface area (Å²) in [6.07, 6.45) is 2.03. The van der Waals surface area contributed by atoms with Crippen molar-refractivity contribution in [2.45, 2.75) is 51.2 Å². The van der Waals surface area contributed by atoms with E-state index in [-0.39, 0.29) is 5.41 Å². The van der Waals surface area contributed by atoms with E-state index in [1.165, 1.54) is 16.0 Å². The maximum Gasteiger partial charge on any atom is 0.412 e. The molecule has 7 heteroatoms. The van der Waals surface area contributed by atoms with Crippen LogP contribution in [0.15, 0.2) is 22.6 Å². The van der Waals surface area contributed by atoms with Crippen molar-refractivity contribution in [1.29, 1.82) is 0 Å². The van der Waals surface area contributed by atoms with Gasteiger partial charge in [0, 0.05) is 13.0 Å². The van der Waals surface area contributed by atoms with Crippen LogP contribution in [0.2, 0.25) is 0 Å². The van der Waals surface area contributed by atoms with E-state index in [0.717, 1.165) is 25.0 Å². The molecule has 1 aliphatic carbocycles. The number of methoxy groups -OCH3 is 1. The number of amidine groups is 1. The Bertz CT molecular complexity index is 744. The van der Waals surface area contributed by atoms with Crippen LogP contribution in [0.1, 0.15) is 44.7 Å². The number of hydrogen-bond donors (Lipinski definition) is 1. The average Bonchev–Trinajstić information content (AvgIpc) is 2.89. The van der Waals surface area contributed by atoms with Crippen LogP contribution in [0.25, 0.3) is 0 Å². The van der Waals surface area contributed by atoms with E-state index in [0.29, 0.717) is 18.8 Å². The molecule has 26 heavy (non-hydrogen) atoms. The zero-order valence-electron chi connectivity index (χ0n) is 15.7. The summed E-state index contributed by atoms with van der Waals surface area (Å²) >= 11 is -1.48. The first-order chi connectivity index (χ1) is 12.1. The van der Waals surface area contributed by atoms with Gasteiger partial charge in [-0.05, 0) is 73.1 Å². The van der Waals surface area contributed by atoms with Crippen molar-refractivity contribution in [3.8, 4) is 5.75 Å². The molecule has 1 N–H and O–H groups in total. The first-order valence-electron chi connectivity index (χ1n) is 8.79. The van der Waals surface area contributed by atoms with E-state index in [4.69, 9.17) is 4.74 Å². The third-order valence-electron chi connectivity index (χ3n) is 5.20. The van der Waals surface area contributed by atoms with Crippen molar-refractivity contribution in [1.82, 2.24) is 4.90 Å². The van der Waals surface area contributed by atoms with Crippen LogP contribution in [-0.2, 0) is 24.2 Å². The van der Waals surface area contributed by atoms with Gasteiger partial charge in [0.25, 0.3) is 0 Å². The Hall–Kier alpha value is -1.73. The molecule has 142 valence electrons. The molecule has 1 aromatic rings. The van der Waals surface area contributed by atoms with Crippen molar-refractivity contribution >= 4 is 23.3 Å². The molecule has 1 aliphatic heterocycles. The molecule has 1 heterocycles. The number of carbonyl (C=O) groups is 1. The molecule has 0 aromatic heterocycles. The number of hydrogen-bond acceptors (Lipinski definition) is 4. The Balaban J connectivity index is 1.88. The second-order valence-electron chi connectivity index (χ2n) is 8.22. The van der Waals surface area contributed by atoms with Gasteiger partial charge in [-0.15, -0.1) is 0 Å². The second kappa shape index (κ2) is 6.78. The van der Waals surface area contributed by atoms with Crippen molar-refractivity contribution in [3.63, 3.8) is 0 Å². The van der Waals surface area contributed by atoms with Crippen LogP contribution < -0.4 is 4.74 Å². The van der Waals surface area contributed by atoms with E-state index >= 15 is 0 Å². The number of fused-ring (bicyclic) bond motifs is 1. The highest BCUT2D eigenvalue weighted by molar-refractivity contribution is 7.91. The SMILES string of the molecule is COc1ccc2c(c1)CC1(CCN(C(=O)O)C(=N[S+]([O-])C(C)(C)C)C1)C2. The molecule has 0 radical (unpaired) electrons. The molecular formula is C19H26N2O4S. The number of amides is 1. The molecule has 1 aromatic carbocycles. The highest BCUT2D eigenvalue weighted by atomic mass is 32.2. The van der Waals surface area contributed by atoms with E-state index < -0.39 is 22.2 Å². The van der Waals surface area contributed by atoms with Gasteiger partial charge in [0.15, 0.2) is 5.84 Å². The number of rotatable bonds is 2. The largest absolute Gasteiger partial charge is 0.591 e. The topological polar surface area (TPSA) is 85.2 Å². The van der Waals surface area contributed by atoms with E-state index in [9.17, 15) is 14.5 Å². The molecular weight excluding hydrogens is 352 g/mol. The number of benzene rings is 1. The fourth-order valence-corrected chi connectivity index (χ4v) is 4.38. The highest BCUT2D eigenvalue weighted by Crippen LogP contribution is 2.46. The minimum atomic E-state index is -1.48. The fraction of sp³-hybridized carbons (Fsp3) is 0.579. The molecule has 6 nitrogen and oxygen atoms in total. The maximum atomic E-state index is 12.5. The summed E-state index contributed by atoms with van der Waals surface area (Å²) in [5, 5.41) is 9.53. The van der Waals surface area contributed by atoms with Gasteiger partial charge in [0.05, 0.1) is 7.11 Å². The summed E-state index contributed by atoms with van der Waals surface area (Å²) < 4.78 is 21.6. The lowest BCUT2D eigenvalue weighted by Crippen LogP contribution is -2.48. The molecule has 3 rings (SSSR count). The van der Waals surface area contributed by atoms with E-state index in [1.807, 2.05) is 26.8 Å². The van der Waals surface area contributed by atoms with Gasteiger partial charge in [-0.3, -0.25) is 4.90 Å². The second-order valence-corrected chi connectivity index (χ2v) is 10.1. The van der Waals surface area contributed by atoms with Crippen LogP contribution >= 0.6 is 0 Å². The maximum absolute atomic E-state index is 12.5. The number of nitrogens with zero attached hydrogens (tertiary/aromatic N) is 2. The Kier molecular flexibility index (Phi) is 4.96. The Labute approximate surface area is 157 Å². The monoisotopic (exact) mass is 378 g/mol. The smallest absolute Gasteiger partial charge is 0.412 e. The molecule has 2 unspecified atom stereocenters. The summed E-state index contributed by atoms with van der Waals surface area (Å²) in [5.74, 6) is 1.27. The lowest BCUT2D eigenvalue weighted by atomic mass is 9.75. The van der Waals surface area contributed by atoms with Crippen molar-refractivity contribution in [3.05, 3.63) is 29.3 Å². The lowest BCUT2D eigenvalue weighted by molar-refractivity contribution is 0.147. The van der Waals surface area contributed by atoms with E-state index in [1.54, 1.807) is 7.11 Å². The van der Waals surface area contributed by atoms with Gasteiger partial charge >= 0.3 is 6.09 Å².